The molecule has 0 saturated carbocycles. The second-order valence-electron chi connectivity index (χ2n) is 3.82. The lowest BCUT2D eigenvalue weighted by atomic mass is 10.1. The van der Waals surface area contributed by atoms with Crippen LogP contribution in [0.2, 0.25) is 0 Å². The number of thiocarbonyl (C=S) groups is 1. The molecule has 1 aromatic carbocycles. The Morgan fingerprint density at radius 3 is 2.65 bits per heavy atom. The molecule has 88 valence electrons. The minimum absolute atomic E-state index is 0.925. The molecule has 0 radical (unpaired) electrons. The van der Waals surface area contributed by atoms with Crippen LogP contribution in [0, 0.1) is 0 Å². The van der Waals surface area contributed by atoms with Crippen molar-refractivity contribution < 1.29 is 0 Å². The molecular formula is C14H15NS2. The predicted molar refractivity (Wildman–Crippen MR) is 80.7 cm³/mol. The van der Waals surface area contributed by atoms with Gasteiger partial charge in [0.05, 0.1) is 10.7 Å². The van der Waals surface area contributed by atoms with Crippen LogP contribution >= 0.6 is 24.0 Å². The van der Waals surface area contributed by atoms with E-state index in [1.165, 1.54) is 16.3 Å². The fourth-order valence-electron chi connectivity index (χ4n) is 1.81. The molecule has 3 heteroatoms. The van der Waals surface area contributed by atoms with Crippen molar-refractivity contribution in [2.75, 3.05) is 6.54 Å². The van der Waals surface area contributed by atoms with Crippen molar-refractivity contribution in [3.8, 4) is 0 Å². The van der Waals surface area contributed by atoms with Crippen molar-refractivity contribution in [1.82, 2.24) is 4.90 Å². The number of allylic oxidation sites excluding steroid dienone is 1. The molecule has 0 fully saturated rings. The zero-order chi connectivity index (χ0) is 12.3. The summed E-state index contributed by atoms with van der Waals surface area (Å²) in [6, 6.07) is 10.5. The third-order valence-corrected chi connectivity index (χ3v) is 3.60. The van der Waals surface area contributed by atoms with Gasteiger partial charge in [-0.25, -0.2) is 0 Å². The Balaban J connectivity index is 2.30. The maximum absolute atomic E-state index is 5.15. The molecule has 1 aliphatic heterocycles. The summed E-state index contributed by atoms with van der Waals surface area (Å²) < 4.78 is 0. The first kappa shape index (κ1) is 12.4. The van der Waals surface area contributed by atoms with Crippen molar-refractivity contribution in [3.63, 3.8) is 0 Å². The normalized spacial score (nSPS) is 17.4. The summed E-state index contributed by atoms with van der Waals surface area (Å²) in [6.07, 6.45) is 2.07. The minimum Gasteiger partial charge on any atom is -0.335 e. The number of thioether (sulfide) groups is 1. The number of hydrogen-bond acceptors (Lipinski definition) is 3. The summed E-state index contributed by atoms with van der Waals surface area (Å²) in [6.45, 7) is 5.08. The Morgan fingerprint density at radius 1 is 1.35 bits per heavy atom. The predicted octanol–water partition coefficient (Wildman–Crippen LogP) is 4.28. The molecule has 0 bridgehead atoms. The third kappa shape index (κ3) is 2.79. The van der Waals surface area contributed by atoms with Gasteiger partial charge in [-0.2, -0.15) is 0 Å². The topological polar surface area (TPSA) is 3.24 Å². The van der Waals surface area contributed by atoms with E-state index in [-0.39, 0.29) is 0 Å². The van der Waals surface area contributed by atoms with Gasteiger partial charge in [-0.3, -0.25) is 0 Å². The lowest BCUT2D eigenvalue weighted by Crippen LogP contribution is -2.16. The van der Waals surface area contributed by atoms with Crippen LogP contribution in [0.4, 0.5) is 0 Å². The summed E-state index contributed by atoms with van der Waals surface area (Å²) >= 11 is 6.89. The maximum atomic E-state index is 5.15. The summed E-state index contributed by atoms with van der Waals surface area (Å²) in [7, 11) is 0. The molecule has 1 aliphatic rings. The van der Waals surface area contributed by atoms with E-state index < -0.39 is 0 Å². The van der Waals surface area contributed by atoms with Gasteiger partial charge in [0.15, 0.2) is 0 Å². The zero-order valence-corrected chi connectivity index (χ0v) is 11.6. The van der Waals surface area contributed by atoms with Crippen LogP contribution in [-0.2, 0) is 0 Å². The number of benzene rings is 1. The third-order valence-electron chi connectivity index (χ3n) is 2.56. The molecule has 0 aliphatic carbocycles. The molecule has 0 spiro atoms. The Hall–Kier alpha value is -1.06. The van der Waals surface area contributed by atoms with Crippen LogP contribution in [0.5, 0.6) is 0 Å². The van der Waals surface area contributed by atoms with E-state index in [2.05, 4.69) is 47.6 Å². The Bertz CT molecular complexity index is 474. The first-order chi connectivity index (χ1) is 8.22. The molecule has 0 aromatic heterocycles. The standard InChI is InChI=1S/C14H15NS2/c1-3-15-13(12-7-5-4-6-8-12)10-17-14(15)9-11(2)16/h4-10H,3H2,1-2H3. The highest BCUT2D eigenvalue weighted by atomic mass is 32.2. The molecule has 1 nitrogen and oxygen atoms in total. The molecule has 2 rings (SSSR count). The summed E-state index contributed by atoms with van der Waals surface area (Å²) in [5.41, 5.74) is 2.52. The van der Waals surface area contributed by atoms with Crippen molar-refractivity contribution in [2.45, 2.75) is 13.8 Å². The van der Waals surface area contributed by atoms with E-state index in [4.69, 9.17) is 12.2 Å². The highest BCUT2D eigenvalue weighted by molar-refractivity contribution is 8.06. The van der Waals surface area contributed by atoms with E-state index in [9.17, 15) is 0 Å². The number of rotatable bonds is 3. The fraction of sp³-hybridized carbons (Fsp3) is 0.214. The Morgan fingerprint density at radius 2 is 2.06 bits per heavy atom. The Labute approximate surface area is 112 Å². The maximum Gasteiger partial charge on any atom is 0.0806 e. The van der Waals surface area contributed by atoms with Gasteiger partial charge in [-0.15, -0.1) is 0 Å². The molecule has 0 unspecified atom stereocenters. The van der Waals surface area contributed by atoms with Gasteiger partial charge >= 0.3 is 0 Å². The lowest BCUT2D eigenvalue weighted by Gasteiger charge is -2.21. The SMILES string of the molecule is CCN1C(=CC(C)=S)SC=C1c1ccccc1. The van der Waals surface area contributed by atoms with Gasteiger partial charge in [-0.05, 0) is 25.5 Å². The zero-order valence-electron chi connectivity index (χ0n) is 10.0. The molecule has 1 heterocycles. The summed E-state index contributed by atoms with van der Waals surface area (Å²) in [5.74, 6) is 0. The Kier molecular flexibility index (Phi) is 4.02. The lowest BCUT2D eigenvalue weighted by molar-refractivity contribution is 0.557. The average molecular weight is 261 g/mol. The molecular weight excluding hydrogens is 246 g/mol. The van der Waals surface area contributed by atoms with Crippen molar-refractivity contribution >= 4 is 34.5 Å². The van der Waals surface area contributed by atoms with Crippen LogP contribution in [0.1, 0.15) is 19.4 Å². The second kappa shape index (κ2) is 5.52. The number of hydrogen-bond donors (Lipinski definition) is 0. The van der Waals surface area contributed by atoms with Gasteiger partial charge in [0.25, 0.3) is 0 Å². The first-order valence-electron chi connectivity index (χ1n) is 5.64. The fourth-order valence-corrected chi connectivity index (χ4v) is 3.09. The molecule has 1 aromatic rings. The van der Waals surface area contributed by atoms with Gasteiger partial charge < -0.3 is 4.90 Å². The highest BCUT2D eigenvalue weighted by Gasteiger charge is 2.20. The molecule has 0 N–H and O–H groups in total. The van der Waals surface area contributed by atoms with Gasteiger partial charge in [-0.1, -0.05) is 54.3 Å². The highest BCUT2D eigenvalue weighted by Crippen LogP contribution is 2.39. The van der Waals surface area contributed by atoms with Gasteiger partial charge in [0.1, 0.15) is 0 Å². The molecule has 17 heavy (non-hydrogen) atoms. The van der Waals surface area contributed by atoms with Crippen LogP contribution < -0.4 is 0 Å². The smallest absolute Gasteiger partial charge is 0.0806 e. The van der Waals surface area contributed by atoms with Crippen molar-refractivity contribution in [1.29, 1.82) is 0 Å². The summed E-state index contributed by atoms with van der Waals surface area (Å²) in [5, 5.41) is 3.42. The number of nitrogens with zero attached hydrogens (tertiary/aromatic N) is 1. The largest absolute Gasteiger partial charge is 0.335 e. The average Bonchev–Trinajstić information content (AvgIpc) is 2.72. The summed E-state index contributed by atoms with van der Waals surface area (Å²) in [4.78, 5) is 3.23. The monoisotopic (exact) mass is 261 g/mol. The van der Waals surface area contributed by atoms with E-state index in [0.29, 0.717) is 0 Å². The van der Waals surface area contributed by atoms with Crippen LogP contribution in [0.15, 0.2) is 46.8 Å². The van der Waals surface area contributed by atoms with E-state index in [0.717, 1.165) is 11.4 Å². The van der Waals surface area contributed by atoms with Gasteiger partial charge in [0, 0.05) is 16.8 Å². The molecule has 0 atom stereocenters. The first-order valence-corrected chi connectivity index (χ1v) is 6.93. The van der Waals surface area contributed by atoms with Gasteiger partial charge in [0.2, 0.25) is 0 Å². The van der Waals surface area contributed by atoms with E-state index in [1.807, 2.05) is 13.0 Å². The molecule has 0 amide bonds. The minimum atomic E-state index is 0.925. The van der Waals surface area contributed by atoms with Crippen molar-refractivity contribution in [2.24, 2.45) is 0 Å². The van der Waals surface area contributed by atoms with Crippen LogP contribution in [-0.4, -0.2) is 16.3 Å². The second-order valence-corrected chi connectivity index (χ2v) is 5.36. The quantitative estimate of drug-likeness (QED) is 0.590. The van der Waals surface area contributed by atoms with Crippen LogP contribution in [0.25, 0.3) is 5.70 Å². The van der Waals surface area contributed by atoms with Crippen LogP contribution in [0.3, 0.4) is 0 Å². The van der Waals surface area contributed by atoms with E-state index in [1.54, 1.807) is 11.8 Å². The van der Waals surface area contributed by atoms with E-state index >= 15 is 0 Å². The van der Waals surface area contributed by atoms with Crippen molar-refractivity contribution in [3.05, 3.63) is 52.4 Å². The molecule has 0 saturated heterocycles.